The van der Waals surface area contributed by atoms with Crippen molar-refractivity contribution >= 4 is 23.4 Å². The normalized spacial score (nSPS) is 10.5. The summed E-state index contributed by atoms with van der Waals surface area (Å²) in [6.45, 7) is 4.79. The zero-order valence-corrected chi connectivity index (χ0v) is 16.0. The van der Waals surface area contributed by atoms with Gasteiger partial charge < -0.3 is 5.32 Å². The van der Waals surface area contributed by atoms with Gasteiger partial charge in [0.05, 0.1) is 10.7 Å². The Morgan fingerprint density at radius 2 is 1.73 bits per heavy atom. The Hall–Kier alpha value is -2.34. The first-order valence-electron chi connectivity index (χ1n) is 8.72. The highest BCUT2D eigenvalue weighted by Crippen LogP contribution is 2.17. The molecule has 6 heteroatoms. The van der Waals surface area contributed by atoms with E-state index in [2.05, 4.69) is 37.4 Å². The number of benzene rings is 2. The summed E-state index contributed by atoms with van der Waals surface area (Å²) >= 11 is 1.50. The number of hydrogen-bond acceptors (Lipinski definition) is 4. The van der Waals surface area contributed by atoms with Crippen LogP contribution in [0.4, 0.5) is 5.69 Å². The van der Waals surface area contributed by atoms with E-state index in [1.165, 1.54) is 40.6 Å². The Labute approximate surface area is 158 Å². The molecular weight excluding hydrogens is 348 g/mol. The standard InChI is InChI=1S/C20H24N2O3S/c1-3-15-5-8-17(4-2)18(11-15)12-21-20(23)14-26-13-16-6-9-19(10-7-16)22(24)25/h5-11H,3-4,12-14H2,1-2H3,(H,21,23). The molecule has 0 bridgehead atoms. The first-order valence-corrected chi connectivity index (χ1v) is 9.87. The van der Waals surface area contributed by atoms with Crippen molar-refractivity contribution in [2.24, 2.45) is 0 Å². The van der Waals surface area contributed by atoms with Gasteiger partial charge in [0.15, 0.2) is 0 Å². The summed E-state index contributed by atoms with van der Waals surface area (Å²) in [5, 5.41) is 13.6. The number of rotatable bonds is 9. The van der Waals surface area contributed by atoms with Gasteiger partial charge in [0.2, 0.25) is 5.91 Å². The van der Waals surface area contributed by atoms with Gasteiger partial charge in [-0.1, -0.05) is 44.2 Å². The van der Waals surface area contributed by atoms with Crippen LogP contribution in [0, 0.1) is 10.1 Å². The number of hydrogen-bond donors (Lipinski definition) is 1. The number of nitrogens with zero attached hydrogens (tertiary/aromatic N) is 1. The summed E-state index contributed by atoms with van der Waals surface area (Å²) in [6, 6.07) is 12.9. The number of non-ortho nitro benzene ring substituents is 1. The molecule has 0 aliphatic carbocycles. The summed E-state index contributed by atoms with van der Waals surface area (Å²) in [4.78, 5) is 22.3. The van der Waals surface area contributed by atoms with Gasteiger partial charge in [-0.25, -0.2) is 0 Å². The van der Waals surface area contributed by atoms with Gasteiger partial charge in [0.25, 0.3) is 5.69 Å². The molecule has 0 radical (unpaired) electrons. The lowest BCUT2D eigenvalue weighted by Crippen LogP contribution is -2.25. The lowest BCUT2D eigenvalue weighted by Gasteiger charge is -2.11. The fourth-order valence-corrected chi connectivity index (χ4v) is 3.45. The number of aryl methyl sites for hydroxylation is 2. The fraction of sp³-hybridized carbons (Fsp3) is 0.350. The van der Waals surface area contributed by atoms with Gasteiger partial charge in [-0.3, -0.25) is 14.9 Å². The van der Waals surface area contributed by atoms with E-state index >= 15 is 0 Å². The molecule has 0 atom stereocenters. The van der Waals surface area contributed by atoms with E-state index in [1.807, 2.05) is 0 Å². The van der Waals surface area contributed by atoms with Crippen LogP contribution in [-0.2, 0) is 29.9 Å². The summed E-state index contributed by atoms with van der Waals surface area (Å²) in [5.41, 5.74) is 4.77. The van der Waals surface area contributed by atoms with Crippen LogP contribution in [0.15, 0.2) is 42.5 Å². The smallest absolute Gasteiger partial charge is 0.269 e. The minimum absolute atomic E-state index is 0.000802. The third-order valence-electron chi connectivity index (χ3n) is 4.18. The molecule has 1 N–H and O–H groups in total. The molecule has 0 saturated heterocycles. The molecule has 0 aliphatic heterocycles. The Morgan fingerprint density at radius 1 is 1.04 bits per heavy atom. The molecule has 26 heavy (non-hydrogen) atoms. The molecule has 0 saturated carbocycles. The minimum Gasteiger partial charge on any atom is -0.351 e. The number of carbonyl (C=O) groups is 1. The van der Waals surface area contributed by atoms with E-state index in [0.29, 0.717) is 18.1 Å². The third kappa shape index (κ3) is 5.88. The van der Waals surface area contributed by atoms with Gasteiger partial charge in [-0.05, 0) is 35.1 Å². The molecule has 0 aromatic heterocycles. The fourth-order valence-electron chi connectivity index (χ4n) is 2.63. The molecule has 2 aromatic carbocycles. The number of nitro groups is 1. The first kappa shape index (κ1) is 20.0. The highest BCUT2D eigenvalue weighted by Gasteiger charge is 2.07. The number of nitrogens with one attached hydrogen (secondary N) is 1. The molecule has 0 spiro atoms. The Morgan fingerprint density at radius 3 is 2.35 bits per heavy atom. The molecule has 2 aromatic rings. The van der Waals surface area contributed by atoms with E-state index in [1.54, 1.807) is 12.1 Å². The van der Waals surface area contributed by atoms with E-state index in [4.69, 9.17) is 0 Å². The first-order chi connectivity index (χ1) is 12.5. The van der Waals surface area contributed by atoms with Crippen LogP contribution in [0.5, 0.6) is 0 Å². The van der Waals surface area contributed by atoms with Crippen molar-refractivity contribution in [2.45, 2.75) is 39.0 Å². The molecule has 5 nitrogen and oxygen atoms in total. The second-order valence-electron chi connectivity index (χ2n) is 6.00. The number of carbonyl (C=O) groups excluding carboxylic acids is 1. The second kappa shape index (κ2) is 9.97. The van der Waals surface area contributed by atoms with Crippen molar-refractivity contribution < 1.29 is 9.72 Å². The predicted molar refractivity (Wildman–Crippen MR) is 106 cm³/mol. The second-order valence-corrected chi connectivity index (χ2v) is 6.99. The molecular formula is C20H24N2O3S. The number of nitro benzene ring substituents is 1. The third-order valence-corrected chi connectivity index (χ3v) is 5.19. The maximum Gasteiger partial charge on any atom is 0.269 e. The van der Waals surface area contributed by atoms with Crippen LogP contribution in [-0.4, -0.2) is 16.6 Å². The molecule has 138 valence electrons. The SMILES string of the molecule is CCc1ccc(CC)c(CNC(=O)CSCc2ccc([N+](=O)[O-])cc2)c1. The highest BCUT2D eigenvalue weighted by molar-refractivity contribution is 7.99. The minimum atomic E-state index is -0.414. The lowest BCUT2D eigenvalue weighted by atomic mass is 10.0. The molecule has 1 amide bonds. The van der Waals surface area contributed by atoms with Crippen molar-refractivity contribution in [1.82, 2.24) is 5.32 Å². The van der Waals surface area contributed by atoms with Crippen molar-refractivity contribution in [3.8, 4) is 0 Å². The van der Waals surface area contributed by atoms with Crippen LogP contribution in [0.2, 0.25) is 0 Å². The van der Waals surface area contributed by atoms with Crippen molar-refractivity contribution in [1.29, 1.82) is 0 Å². The molecule has 0 heterocycles. The van der Waals surface area contributed by atoms with Gasteiger partial charge in [0.1, 0.15) is 0 Å². The molecule has 0 fully saturated rings. The number of amides is 1. The van der Waals surface area contributed by atoms with Crippen LogP contribution in [0.1, 0.15) is 36.1 Å². The van der Waals surface area contributed by atoms with E-state index in [-0.39, 0.29) is 11.6 Å². The van der Waals surface area contributed by atoms with Crippen LogP contribution >= 0.6 is 11.8 Å². The van der Waals surface area contributed by atoms with Gasteiger partial charge in [0, 0.05) is 24.4 Å². The monoisotopic (exact) mass is 372 g/mol. The summed E-state index contributed by atoms with van der Waals surface area (Å²) in [7, 11) is 0. The van der Waals surface area contributed by atoms with E-state index < -0.39 is 4.92 Å². The Balaban J connectivity index is 1.79. The van der Waals surface area contributed by atoms with Crippen molar-refractivity contribution in [3.63, 3.8) is 0 Å². The summed E-state index contributed by atoms with van der Waals surface area (Å²) < 4.78 is 0. The van der Waals surface area contributed by atoms with Crippen LogP contribution in [0.25, 0.3) is 0 Å². The van der Waals surface area contributed by atoms with Gasteiger partial charge in [-0.2, -0.15) is 0 Å². The average Bonchev–Trinajstić information content (AvgIpc) is 2.66. The maximum absolute atomic E-state index is 12.1. The van der Waals surface area contributed by atoms with Gasteiger partial charge in [-0.15, -0.1) is 11.8 Å². The Bertz CT molecular complexity index is 760. The van der Waals surface area contributed by atoms with Gasteiger partial charge >= 0.3 is 0 Å². The van der Waals surface area contributed by atoms with Crippen LogP contribution < -0.4 is 5.32 Å². The van der Waals surface area contributed by atoms with E-state index in [9.17, 15) is 14.9 Å². The topological polar surface area (TPSA) is 72.2 Å². The summed E-state index contributed by atoms with van der Waals surface area (Å²) in [6.07, 6.45) is 1.93. The predicted octanol–water partition coefficient (Wildman–Crippen LogP) is 4.27. The quantitative estimate of drug-likeness (QED) is 0.527. The largest absolute Gasteiger partial charge is 0.351 e. The van der Waals surface area contributed by atoms with Crippen molar-refractivity contribution in [3.05, 3.63) is 74.8 Å². The lowest BCUT2D eigenvalue weighted by molar-refractivity contribution is -0.384. The highest BCUT2D eigenvalue weighted by atomic mass is 32.2. The van der Waals surface area contributed by atoms with Crippen LogP contribution in [0.3, 0.4) is 0 Å². The maximum atomic E-state index is 12.1. The molecule has 2 rings (SSSR count). The Kier molecular flexibility index (Phi) is 7.66. The zero-order valence-electron chi connectivity index (χ0n) is 15.2. The molecule has 0 unspecified atom stereocenters. The summed E-state index contributed by atoms with van der Waals surface area (Å²) in [5.74, 6) is 1.02. The number of thioether (sulfide) groups is 1. The van der Waals surface area contributed by atoms with Crippen molar-refractivity contribution in [2.75, 3.05) is 5.75 Å². The average molecular weight is 372 g/mol. The zero-order chi connectivity index (χ0) is 18.9. The van der Waals surface area contributed by atoms with E-state index in [0.717, 1.165) is 18.4 Å². The molecule has 0 aliphatic rings.